The van der Waals surface area contributed by atoms with Crippen LogP contribution < -0.4 is 4.72 Å². The minimum Gasteiger partial charge on any atom is -0.285 e. The minimum atomic E-state index is -2.52. The standard InChI is InChI=1S/C6H15N3O2S/c1-4-6(2)8-9(3)5-7-12(10)11/h12H,4-5H2,1-3H3,(H,7,10,11)/b8-6-. The molecule has 0 spiro atoms. The fourth-order valence-corrected chi connectivity index (χ4v) is 0.878. The van der Waals surface area contributed by atoms with E-state index in [0.29, 0.717) is 0 Å². The Morgan fingerprint density at radius 2 is 2.17 bits per heavy atom. The molecule has 0 bridgehead atoms. The number of hydrazone groups is 1. The predicted molar refractivity (Wildman–Crippen MR) is 49.5 cm³/mol. The van der Waals surface area contributed by atoms with Crippen LogP contribution in [0.25, 0.3) is 0 Å². The first-order valence-corrected chi connectivity index (χ1v) is 4.87. The van der Waals surface area contributed by atoms with Crippen molar-refractivity contribution >= 4 is 16.6 Å². The molecule has 72 valence electrons. The molecule has 0 heterocycles. The number of hydrogen-bond donors (Lipinski definition) is 2. The van der Waals surface area contributed by atoms with Crippen LogP contribution in [0.4, 0.5) is 0 Å². The summed E-state index contributed by atoms with van der Waals surface area (Å²) >= 11 is 0. The second-order valence-electron chi connectivity index (χ2n) is 2.42. The molecule has 0 radical (unpaired) electrons. The van der Waals surface area contributed by atoms with Crippen molar-refractivity contribution in [3.05, 3.63) is 0 Å². The second kappa shape index (κ2) is 5.96. The zero-order valence-corrected chi connectivity index (χ0v) is 8.47. The van der Waals surface area contributed by atoms with Gasteiger partial charge in [-0.25, -0.2) is 8.42 Å². The van der Waals surface area contributed by atoms with Gasteiger partial charge in [0.1, 0.15) is 0 Å². The van der Waals surface area contributed by atoms with E-state index >= 15 is 0 Å². The molecule has 0 saturated heterocycles. The highest BCUT2D eigenvalue weighted by atomic mass is 32.2. The second-order valence-corrected chi connectivity index (χ2v) is 3.25. The van der Waals surface area contributed by atoms with Gasteiger partial charge in [-0.3, -0.25) is 5.01 Å². The van der Waals surface area contributed by atoms with Gasteiger partial charge < -0.3 is 0 Å². The van der Waals surface area contributed by atoms with Crippen molar-refractivity contribution in [1.82, 2.24) is 9.73 Å². The molecule has 0 unspecified atom stereocenters. The van der Waals surface area contributed by atoms with Gasteiger partial charge in [-0.15, -0.1) is 0 Å². The molecule has 0 aromatic rings. The van der Waals surface area contributed by atoms with Gasteiger partial charge in [-0.2, -0.15) is 9.82 Å². The summed E-state index contributed by atoms with van der Waals surface area (Å²) in [7, 11) is -0.810. The molecule has 0 aromatic heterocycles. The SMILES string of the molecule is CC/C(C)=N\N(C)CN[SH](=O)=O. The fourth-order valence-electron chi connectivity index (χ4n) is 0.558. The van der Waals surface area contributed by atoms with E-state index in [1.165, 1.54) is 0 Å². The highest BCUT2D eigenvalue weighted by Crippen LogP contribution is 1.87. The summed E-state index contributed by atoms with van der Waals surface area (Å²) in [6.45, 7) is 4.11. The van der Waals surface area contributed by atoms with Gasteiger partial charge in [0, 0.05) is 12.8 Å². The topological polar surface area (TPSA) is 61.8 Å². The molecule has 0 atom stereocenters. The Labute approximate surface area is 74.5 Å². The highest BCUT2D eigenvalue weighted by molar-refractivity contribution is 7.70. The molecular weight excluding hydrogens is 178 g/mol. The Bertz CT molecular complexity index is 217. The number of rotatable bonds is 5. The van der Waals surface area contributed by atoms with Crippen LogP contribution in [0, 0.1) is 0 Å². The lowest BCUT2D eigenvalue weighted by Crippen LogP contribution is -2.26. The Hall–Kier alpha value is -0.620. The van der Waals surface area contributed by atoms with Crippen LogP contribution in [0.15, 0.2) is 5.10 Å². The number of hydrogen-bond acceptors (Lipinski definition) is 4. The van der Waals surface area contributed by atoms with Gasteiger partial charge in [0.25, 0.3) is 0 Å². The highest BCUT2D eigenvalue weighted by Gasteiger charge is 1.93. The van der Waals surface area contributed by atoms with Gasteiger partial charge >= 0.3 is 0 Å². The van der Waals surface area contributed by atoms with Crippen molar-refractivity contribution in [3.63, 3.8) is 0 Å². The smallest absolute Gasteiger partial charge is 0.202 e. The predicted octanol–water partition coefficient (Wildman–Crippen LogP) is -0.222. The number of nitrogens with one attached hydrogen (secondary N) is 1. The molecule has 5 nitrogen and oxygen atoms in total. The van der Waals surface area contributed by atoms with Crippen LogP contribution in [0.2, 0.25) is 0 Å². The van der Waals surface area contributed by atoms with E-state index < -0.39 is 10.9 Å². The third-order valence-electron chi connectivity index (χ3n) is 1.28. The first kappa shape index (κ1) is 11.4. The summed E-state index contributed by atoms with van der Waals surface area (Å²) in [5.74, 6) is 0. The van der Waals surface area contributed by atoms with Crippen LogP contribution in [0.5, 0.6) is 0 Å². The first-order chi connectivity index (χ1) is 5.56. The van der Waals surface area contributed by atoms with Crippen LogP contribution in [-0.2, 0) is 10.9 Å². The van der Waals surface area contributed by atoms with Crippen molar-refractivity contribution in [2.24, 2.45) is 5.10 Å². The van der Waals surface area contributed by atoms with E-state index in [2.05, 4.69) is 9.82 Å². The molecule has 0 aliphatic carbocycles. The lowest BCUT2D eigenvalue weighted by Gasteiger charge is -2.11. The molecule has 0 rings (SSSR count). The normalized spacial score (nSPS) is 12.2. The van der Waals surface area contributed by atoms with Gasteiger partial charge in [0.2, 0.25) is 10.9 Å². The maximum Gasteiger partial charge on any atom is 0.202 e. The molecule has 0 aliphatic rings. The average molecular weight is 193 g/mol. The maximum atomic E-state index is 10.1. The van der Waals surface area contributed by atoms with Gasteiger partial charge in [0.15, 0.2) is 0 Å². The maximum absolute atomic E-state index is 10.1. The van der Waals surface area contributed by atoms with Gasteiger partial charge in [-0.1, -0.05) is 6.92 Å². The minimum absolute atomic E-state index is 0.218. The summed E-state index contributed by atoms with van der Waals surface area (Å²) in [4.78, 5) is 0. The third-order valence-corrected chi connectivity index (χ3v) is 1.68. The Balaban J connectivity index is 3.80. The summed E-state index contributed by atoms with van der Waals surface area (Å²) in [5.41, 5.74) is 0.973. The van der Waals surface area contributed by atoms with Crippen LogP contribution in [0.3, 0.4) is 0 Å². The van der Waals surface area contributed by atoms with Crippen molar-refractivity contribution in [1.29, 1.82) is 0 Å². The third kappa shape index (κ3) is 6.11. The molecule has 12 heavy (non-hydrogen) atoms. The van der Waals surface area contributed by atoms with E-state index in [1.807, 2.05) is 13.8 Å². The Morgan fingerprint density at radius 3 is 2.58 bits per heavy atom. The monoisotopic (exact) mass is 193 g/mol. The zero-order valence-electron chi connectivity index (χ0n) is 7.57. The molecule has 1 N–H and O–H groups in total. The first-order valence-electron chi connectivity index (χ1n) is 3.69. The number of thiol groups is 1. The molecule has 0 fully saturated rings. The zero-order chi connectivity index (χ0) is 9.56. The van der Waals surface area contributed by atoms with Gasteiger partial charge in [0.05, 0.1) is 6.67 Å². The lowest BCUT2D eigenvalue weighted by atomic mass is 10.3. The Kier molecular flexibility index (Phi) is 5.65. The van der Waals surface area contributed by atoms with Crippen LogP contribution >= 0.6 is 0 Å². The molecule has 0 amide bonds. The summed E-state index contributed by atoms with van der Waals surface area (Å²) in [6.07, 6.45) is 0.869. The van der Waals surface area contributed by atoms with Crippen molar-refractivity contribution < 1.29 is 8.42 Å². The molecule has 0 aliphatic heterocycles. The van der Waals surface area contributed by atoms with E-state index in [4.69, 9.17) is 0 Å². The van der Waals surface area contributed by atoms with Crippen molar-refractivity contribution in [2.45, 2.75) is 20.3 Å². The number of nitrogens with zero attached hydrogens (tertiary/aromatic N) is 2. The van der Waals surface area contributed by atoms with Crippen molar-refractivity contribution in [2.75, 3.05) is 13.7 Å². The van der Waals surface area contributed by atoms with Crippen molar-refractivity contribution in [3.8, 4) is 0 Å². The summed E-state index contributed by atoms with van der Waals surface area (Å²) in [5, 5.41) is 5.63. The lowest BCUT2D eigenvalue weighted by molar-refractivity contribution is 0.349. The molecular formula is C6H15N3O2S. The average Bonchev–Trinajstić information content (AvgIpc) is 2.00. The van der Waals surface area contributed by atoms with E-state index in [9.17, 15) is 8.42 Å². The quantitative estimate of drug-likeness (QED) is 0.274. The largest absolute Gasteiger partial charge is 0.285 e. The Morgan fingerprint density at radius 1 is 1.58 bits per heavy atom. The van der Waals surface area contributed by atoms with E-state index in [1.54, 1.807) is 12.1 Å². The van der Waals surface area contributed by atoms with Gasteiger partial charge in [-0.05, 0) is 13.3 Å². The van der Waals surface area contributed by atoms with E-state index in [-0.39, 0.29) is 6.67 Å². The summed E-state index contributed by atoms with van der Waals surface area (Å²) < 4.78 is 22.5. The fraction of sp³-hybridized carbons (Fsp3) is 0.833. The molecule has 0 aromatic carbocycles. The van der Waals surface area contributed by atoms with E-state index in [0.717, 1.165) is 12.1 Å². The van der Waals surface area contributed by atoms with Crippen LogP contribution in [0.1, 0.15) is 20.3 Å². The molecule has 6 heteroatoms. The molecule has 0 saturated carbocycles. The van der Waals surface area contributed by atoms with Crippen LogP contribution in [-0.4, -0.2) is 32.9 Å². The summed E-state index contributed by atoms with van der Waals surface area (Å²) in [6, 6.07) is 0.